The fourth-order valence-electron chi connectivity index (χ4n) is 2.87. The average Bonchev–Trinajstić information content (AvgIpc) is 2.37. The molecule has 1 amide bonds. The summed E-state index contributed by atoms with van der Waals surface area (Å²) in [5.74, 6) is 0.794. The van der Waals surface area contributed by atoms with E-state index in [4.69, 9.17) is 0 Å². The average molecular weight is 290 g/mol. The molecule has 1 aromatic rings. The first-order valence-electron chi connectivity index (χ1n) is 7.93. The molecule has 21 heavy (non-hydrogen) atoms. The monoisotopic (exact) mass is 290 g/mol. The number of hydrogen-bond donors (Lipinski definition) is 1. The molecular weight excluding hydrogens is 264 g/mol. The van der Waals surface area contributed by atoms with Crippen LogP contribution >= 0.6 is 0 Å². The van der Waals surface area contributed by atoms with Gasteiger partial charge in [0.15, 0.2) is 0 Å². The summed E-state index contributed by atoms with van der Waals surface area (Å²) in [5.41, 5.74) is 1.93. The van der Waals surface area contributed by atoms with Gasteiger partial charge in [-0.2, -0.15) is 0 Å². The second kappa shape index (κ2) is 7.38. The Kier molecular flexibility index (Phi) is 5.53. The van der Waals surface area contributed by atoms with Crippen molar-refractivity contribution in [1.29, 1.82) is 0 Å². The fourth-order valence-corrected chi connectivity index (χ4v) is 2.87. The lowest BCUT2D eigenvalue weighted by molar-refractivity contribution is -0.119. The second-order valence-electron chi connectivity index (χ2n) is 5.89. The minimum atomic E-state index is -0.0520. The summed E-state index contributed by atoms with van der Waals surface area (Å²) in [6, 6.07) is -0.0520. The predicted octanol–water partition coefficient (Wildman–Crippen LogP) is 2.75. The quantitative estimate of drug-likeness (QED) is 0.930. The standard InChI is InChI=1S/C16H26N4O/c1-12(18-14(3)21)15-11-17-16(19-13(15)2)20-9-7-5-4-6-8-10-20/h11-12H,4-10H2,1-3H3,(H,18,21). The third-order valence-electron chi connectivity index (χ3n) is 4.03. The van der Waals surface area contributed by atoms with Crippen LogP contribution in [0.1, 0.15) is 63.3 Å². The van der Waals surface area contributed by atoms with Crippen LogP contribution in [0.4, 0.5) is 5.95 Å². The van der Waals surface area contributed by atoms with Gasteiger partial charge in [0.25, 0.3) is 0 Å². The van der Waals surface area contributed by atoms with E-state index in [9.17, 15) is 4.79 Å². The molecule has 1 aliphatic rings. The van der Waals surface area contributed by atoms with E-state index >= 15 is 0 Å². The largest absolute Gasteiger partial charge is 0.350 e. The maximum atomic E-state index is 11.2. The van der Waals surface area contributed by atoms with E-state index in [-0.39, 0.29) is 11.9 Å². The molecule has 2 rings (SSSR count). The Labute approximate surface area is 127 Å². The van der Waals surface area contributed by atoms with Gasteiger partial charge in [0, 0.05) is 37.5 Å². The van der Waals surface area contributed by atoms with Gasteiger partial charge < -0.3 is 10.2 Å². The van der Waals surface area contributed by atoms with Crippen LogP contribution in [-0.4, -0.2) is 29.0 Å². The number of carbonyl (C=O) groups excluding carboxylic acids is 1. The van der Waals surface area contributed by atoms with Gasteiger partial charge in [0.1, 0.15) is 0 Å². The molecule has 0 saturated carbocycles. The van der Waals surface area contributed by atoms with Crippen molar-refractivity contribution in [3.8, 4) is 0 Å². The molecular formula is C16H26N4O. The molecule has 0 aromatic carbocycles. The van der Waals surface area contributed by atoms with E-state index in [0.29, 0.717) is 0 Å². The van der Waals surface area contributed by atoms with E-state index in [1.807, 2.05) is 20.0 Å². The second-order valence-corrected chi connectivity index (χ2v) is 5.89. The Morgan fingerprint density at radius 2 is 1.86 bits per heavy atom. The van der Waals surface area contributed by atoms with Crippen molar-refractivity contribution in [3.05, 3.63) is 17.5 Å². The maximum absolute atomic E-state index is 11.2. The third kappa shape index (κ3) is 4.41. The minimum absolute atomic E-state index is 0.0326. The third-order valence-corrected chi connectivity index (χ3v) is 4.03. The van der Waals surface area contributed by atoms with Gasteiger partial charge in [-0.15, -0.1) is 0 Å². The lowest BCUT2D eigenvalue weighted by Gasteiger charge is -2.25. The maximum Gasteiger partial charge on any atom is 0.225 e. The summed E-state index contributed by atoms with van der Waals surface area (Å²) in [6.45, 7) is 7.56. The number of nitrogens with zero attached hydrogens (tertiary/aromatic N) is 3. The molecule has 1 aromatic heterocycles. The lowest BCUT2D eigenvalue weighted by Crippen LogP contribution is -2.30. The van der Waals surface area contributed by atoms with Gasteiger partial charge in [-0.05, 0) is 26.7 Å². The molecule has 1 atom stereocenters. The number of hydrogen-bond acceptors (Lipinski definition) is 4. The Morgan fingerprint density at radius 3 is 2.43 bits per heavy atom. The van der Waals surface area contributed by atoms with Gasteiger partial charge in [-0.3, -0.25) is 4.79 Å². The highest BCUT2D eigenvalue weighted by Gasteiger charge is 2.15. The van der Waals surface area contributed by atoms with Crippen molar-refractivity contribution in [1.82, 2.24) is 15.3 Å². The van der Waals surface area contributed by atoms with Crippen molar-refractivity contribution in [3.63, 3.8) is 0 Å². The molecule has 1 N–H and O–H groups in total. The zero-order chi connectivity index (χ0) is 15.2. The molecule has 5 nitrogen and oxygen atoms in total. The van der Waals surface area contributed by atoms with Gasteiger partial charge in [-0.1, -0.05) is 19.3 Å². The van der Waals surface area contributed by atoms with Crippen LogP contribution in [0.2, 0.25) is 0 Å². The SMILES string of the molecule is CC(=O)NC(C)c1cnc(N2CCCCCCC2)nc1C. The first-order chi connectivity index (χ1) is 10.1. The van der Waals surface area contributed by atoms with Crippen LogP contribution in [0, 0.1) is 6.92 Å². The van der Waals surface area contributed by atoms with Crippen LogP contribution in [0.15, 0.2) is 6.20 Å². The molecule has 0 radical (unpaired) electrons. The Balaban J connectivity index is 2.11. The zero-order valence-electron chi connectivity index (χ0n) is 13.4. The molecule has 116 valence electrons. The van der Waals surface area contributed by atoms with Gasteiger partial charge >= 0.3 is 0 Å². The van der Waals surface area contributed by atoms with E-state index < -0.39 is 0 Å². The smallest absolute Gasteiger partial charge is 0.225 e. The number of nitrogens with one attached hydrogen (secondary N) is 1. The van der Waals surface area contributed by atoms with E-state index in [2.05, 4.69) is 20.2 Å². The minimum Gasteiger partial charge on any atom is -0.350 e. The number of amides is 1. The van der Waals surface area contributed by atoms with Gasteiger partial charge in [-0.25, -0.2) is 9.97 Å². The fraction of sp³-hybridized carbons (Fsp3) is 0.688. The molecule has 5 heteroatoms. The lowest BCUT2D eigenvalue weighted by atomic mass is 10.1. The first kappa shape index (κ1) is 15.7. The van der Waals surface area contributed by atoms with Crippen molar-refractivity contribution in [2.45, 2.75) is 58.9 Å². The van der Waals surface area contributed by atoms with Crippen molar-refractivity contribution >= 4 is 11.9 Å². The zero-order valence-corrected chi connectivity index (χ0v) is 13.4. The Hall–Kier alpha value is -1.65. The molecule has 1 fully saturated rings. The summed E-state index contributed by atoms with van der Waals surface area (Å²) in [5, 5.41) is 2.88. The number of aryl methyl sites for hydroxylation is 1. The highest BCUT2D eigenvalue weighted by atomic mass is 16.1. The predicted molar refractivity (Wildman–Crippen MR) is 84.3 cm³/mol. The molecule has 1 unspecified atom stereocenters. The Morgan fingerprint density at radius 1 is 1.24 bits per heavy atom. The van der Waals surface area contributed by atoms with Crippen LogP contribution in [0.3, 0.4) is 0 Å². The Bertz CT molecular complexity index is 481. The molecule has 1 saturated heterocycles. The van der Waals surface area contributed by atoms with Crippen molar-refractivity contribution in [2.24, 2.45) is 0 Å². The van der Waals surface area contributed by atoms with Crippen LogP contribution in [0.25, 0.3) is 0 Å². The van der Waals surface area contributed by atoms with E-state index in [1.165, 1.54) is 39.0 Å². The summed E-state index contributed by atoms with van der Waals surface area (Å²) in [6.07, 6.45) is 8.23. The number of anilines is 1. The van der Waals surface area contributed by atoms with Crippen LogP contribution < -0.4 is 10.2 Å². The summed E-state index contributed by atoms with van der Waals surface area (Å²) < 4.78 is 0. The number of carbonyl (C=O) groups is 1. The topological polar surface area (TPSA) is 58.1 Å². The van der Waals surface area contributed by atoms with Crippen molar-refractivity contribution in [2.75, 3.05) is 18.0 Å². The number of aromatic nitrogens is 2. The molecule has 0 spiro atoms. The van der Waals surface area contributed by atoms with E-state index in [1.54, 1.807) is 0 Å². The van der Waals surface area contributed by atoms with E-state index in [0.717, 1.165) is 30.3 Å². The highest BCUT2D eigenvalue weighted by molar-refractivity contribution is 5.73. The molecule has 1 aliphatic heterocycles. The van der Waals surface area contributed by atoms with Crippen LogP contribution in [0.5, 0.6) is 0 Å². The number of rotatable bonds is 3. The summed E-state index contributed by atoms with van der Waals surface area (Å²) in [4.78, 5) is 22.6. The molecule has 2 heterocycles. The van der Waals surface area contributed by atoms with Gasteiger partial charge in [0.2, 0.25) is 11.9 Å². The van der Waals surface area contributed by atoms with Crippen molar-refractivity contribution < 1.29 is 4.79 Å². The normalized spacial score (nSPS) is 17.8. The highest BCUT2D eigenvalue weighted by Crippen LogP contribution is 2.20. The first-order valence-corrected chi connectivity index (χ1v) is 7.93. The summed E-state index contributed by atoms with van der Waals surface area (Å²) in [7, 11) is 0. The van der Waals surface area contributed by atoms with Gasteiger partial charge in [0.05, 0.1) is 6.04 Å². The molecule has 0 bridgehead atoms. The molecule has 0 aliphatic carbocycles. The van der Waals surface area contributed by atoms with Crippen LogP contribution in [-0.2, 0) is 4.79 Å². The summed E-state index contributed by atoms with van der Waals surface area (Å²) >= 11 is 0.